The fourth-order valence-electron chi connectivity index (χ4n) is 7.85. The monoisotopic (exact) mass is 566 g/mol. The summed E-state index contributed by atoms with van der Waals surface area (Å²) in [5.41, 5.74) is -0.588. The van der Waals surface area contributed by atoms with E-state index in [2.05, 4.69) is 43.3 Å². The van der Waals surface area contributed by atoms with Crippen molar-refractivity contribution < 1.29 is 26.5 Å². The van der Waals surface area contributed by atoms with Gasteiger partial charge in [-0.1, -0.05) is 31.5 Å². The zero-order valence-corrected chi connectivity index (χ0v) is 23.9. The zero-order chi connectivity index (χ0) is 27.0. The maximum atomic E-state index is 13.5. The van der Waals surface area contributed by atoms with Crippen molar-refractivity contribution >= 4 is 31.8 Å². The molecule has 1 heterocycles. The van der Waals surface area contributed by atoms with Crippen LogP contribution >= 0.6 is 0 Å². The van der Waals surface area contributed by atoms with E-state index in [9.17, 15) is 21.8 Å². The Morgan fingerprint density at radius 3 is 2.11 bits per heavy atom. The van der Waals surface area contributed by atoms with Gasteiger partial charge in [0.05, 0.1) is 6.61 Å². The van der Waals surface area contributed by atoms with Crippen molar-refractivity contribution in [3.63, 3.8) is 0 Å². The predicted molar refractivity (Wildman–Crippen MR) is 149 cm³/mol. The van der Waals surface area contributed by atoms with E-state index in [1.54, 1.807) is 4.90 Å². The number of alkyl halides is 2. The highest BCUT2D eigenvalue weighted by Crippen LogP contribution is 2.63. The zero-order valence-electron chi connectivity index (χ0n) is 22.3. The Bertz CT molecular complexity index is 1190. The van der Waals surface area contributed by atoms with Gasteiger partial charge in [-0.05, 0) is 99.2 Å². The Balaban J connectivity index is 0.000000156. The number of benzene rings is 2. The second-order valence-electron chi connectivity index (χ2n) is 12.1. The normalized spacial score (nSPS) is 28.9. The first-order valence-corrected chi connectivity index (χ1v) is 17.2. The second kappa shape index (κ2) is 11.2. The Kier molecular flexibility index (Phi) is 8.33. The molecule has 4 aliphatic carbocycles. The molecule has 8 heteroatoms. The molecule has 38 heavy (non-hydrogen) atoms. The molecule has 1 saturated heterocycles. The number of hydrogen-bond acceptors (Lipinski definition) is 4. The van der Waals surface area contributed by atoms with Crippen LogP contribution in [0.4, 0.5) is 8.78 Å². The van der Waals surface area contributed by atoms with Crippen molar-refractivity contribution in [3.05, 3.63) is 36.4 Å². The molecule has 4 bridgehead atoms. The lowest BCUT2D eigenvalue weighted by atomic mass is 9.49. The van der Waals surface area contributed by atoms with E-state index in [4.69, 9.17) is 4.74 Å². The Morgan fingerprint density at radius 2 is 1.55 bits per heavy atom. The largest absolute Gasteiger partial charge is 0.743 e. The van der Waals surface area contributed by atoms with Gasteiger partial charge in [-0.2, -0.15) is 8.78 Å². The topological polar surface area (TPSA) is 66.4 Å². The van der Waals surface area contributed by atoms with Gasteiger partial charge >= 0.3 is 5.25 Å². The van der Waals surface area contributed by atoms with Gasteiger partial charge in [0.1, 0.15) is 17.3 Å². The maximum Gasteiger partial charge on any atom is 0.335 e. The van der Waals surface area contributed by atoms with E-state index >= 15 is 0 Å². The number of unbranched alkanes of at least 4 members (excludes halogenated alkanes) is 1. The molecule has 4 nitrogen and oxygen atoms in total. The standard InChI is InChI=1S/C18H23OS.C12H18F2O3S/c1-2-3-12-19-17-10-11-18(20-13-6-7-14-20)16-9-5-4-8-15(16)17;13-12(14,18(15,16)17)7-11-4-8-1-9(5-11)3-10(2-8)6-11/h4-5,8-11H,2-3,6-7,12-14H2,1H3;8-10H,1-7H2,(H,15,16,17)/q+1;/p-1. The van der Waals surface area contributed by atoms with Crippen LogP contribution < -0.4 is 4.74 Å². The van der Waals surface area contributed by atoms with Gasteiger partial charge in [-0.3, -0.25) is 0 Å². The van der Waals surface area contributed by atoms with Crippen LogP contribution in [0.5, 0.6) is 5.75 Å². The van der Waals surface area contributed by atoms with Gasteiger partial charge in [0.25, 0.3) is 0 Å². The van der Waals surface area contributed by atoms with E-state index in [0.29, 0.717) is 47.9 Å². The third-order valence-corrected chi connectivity index (χ3v) is 12.5. The molecule has 0 atom stereocenters. The van der Waals surface area contributed by atoms with E-state index in [1.807, 2.05) is 0 Å². The van der Waals surface area contributed by atoms with Gasteiger partial charge < -0.3 is 9.29 Å². The molecule has 2 aromatic rings. The molecular formula is C30H40F2O4S2. The molecule has 0 aromatic heterocycles. The summed E-state index contributed by atoms with van der Waals surface area (Å²) in [4.78, 5) is 1.56. The lowest BCUT2D eigenvalue weighted by Crippen LogP contribution is -2.49. The molecule has 7 rings (SSSR count). The first kappa shape index (κ1) is 28.2. The third kappa shape index (κ3) is 6.02. The van der Waals surface area contributed by atoms with Crippen LogP contribution in [0.3, 0.4) is 0 Å². The van der Waals surface area contributed by atoms with Crippen LogP contribution in [-0.2, 0) is 21.0 Å². The predicted octanol–water partition coefficient (Wildman–Crippen LogP) is 7.52. The van der Waals surface area contributed by atoms with Crippen LogP contribution in [0.15, 0.2) is 41.3 Å². The number of hydrogen-bond donors (Lipinski definition) is 0. The van der Waals surface area contributed by atoms with Crippen molar-refractivity contribution in [1.29, 1.82) is 0 Å². The van der Waals surface area contributed by atoms with Gasteiger partial charge in [0.15, 0.2) is 15.0 Å². The summed E-state index contributed by atoms with van der Waals surface area (Å²) >= 11 is 0. The fraction of sp³-hybridized carbons (Fsp3) is 0.667. The number of fused-ring (bicyclic) bond motifs is 1. The summed E-state index contributed by atoms with van der Waals surface area (Å²) in [6.07, 6.45) is 9.71. The molecule has 210 valence electrons. The fourth-order valence-corrected chi connectivity index (χ4v) is 10.8. The number of ether oxygens (including phenoxy) is 1. The highest BCUT2D eigenvalue weighted by molar-refractivity contribution is 7.97. The van der Waals surface area contributed by atoms with Crippen molar-refractivity contribution in [1.82, 2.24) is 0 Å². The van der Waals surface area contributed by atoms with E-state index < -0.39 is 27.2 Å². The molecule has 0 amide bonds. The highest BCUT2D eigenvalue weighted by atomic mass is 32.2. The first-order chi connectivity index (χ1) is 18.1. The average Bonchev–Trinajstić information content (AvgIpc) is 3.37. The summed E-state index contributed by atoms with van der Waals surface area (Å²) in [6.45, 7) is 3.03. The molecule has 1 aliphatic heterocycles. The van der Waals surface area contributed by atoms with Crippen LogP contribution in [0.2, 0.25) is 0 Å². The Labute approximate surface area is 229 Å². The number of rotatable bonds is 8. The van der Waals surface area contributed by atoms with Crippen LogP contribution in [0.25, 0.3) is 10.8 Å². The summed E-state index contributed by atoms with van der Waals surface area (Å²) in [7, 11) is -5.07. The SMILES string of the molecule is CCCCOc1ccc([S+]2CCCC2)c2ccccc12.O=S(=O)([O-])C(F)(F)CC12CC3CC(CC(C3)C1)C2. The van der Waals surface area contributed by atoms with E-state index in [-0.39, 0.29) is 0 Å². The molecular weight excluding hydrogens is 526 g/mol. The minimum atomic E-state index is -5.53. The minimum absolute atomic E-state index is 0.464. The van der Waals surface area contributed by atoms with Gasteiger partial charge in [-0.25, -0.2) is 8.42 Å². The van der Waals surface area contributed by atoms with Gasteiger partial charge in [0.2, 0.25) is 0 Å². The Hall–Kier alpha value is -1.38. The highest BCUT2D eigenvalue weighted by Gasteiger charge is 2.55. The molecule has 0 N–H and O–H groups in total. The van der Waals surface area contributed by atoms with Crippen molar-refractivity contribution in [3.8, 4) is 5.75 Å². The molecule has 0 unspecified atom stereocenters. The van der Waals surface area contributed by atoms with Crippen molar-refractivity contribution in [2.24, 2.45) is 23.2 Å². The second-order valence-corrected chi connectivity index (χ2v) is 15.9. The quantitative estimate of drug-likeness (QED) is 0.188. The summed E-state index contributed by atoms with van der Waals surface area (Å²) in [5, 5.41) is -1.40. The van der Waals surface area contributed by atoms with Crippen LogP contribution in [0.1, 0.15) is 77.6 Å². The van der Waals surface area contributed by atoms with Gasteiger partial charge in [0, 0.05) is 28.1 Å². The molecule has 2 aromatic carbocycles. The molecule has 5 aliphatic rings. The molecule has 0 radical (unpaired) electrons. The smallest absolute Gasteiger partial charge is 0.335 e. The van der Waals surface area contributed by atoms with Crippen LogP contribution in [-0.4, -0.2) is 36.3 Å². The maximum absolute atomic E-state index is 13.5. The summed E-state index contributed by atoms with van der Waals surface area (Å²) in [6, 6.07) is 13.3. The summed E-state index contributed by atoms with van der Waals surface area (Å²) in [5.74, 6) is 5.23. The lowest BCUT2D eigenvalue weighted by molar-refractivity contribution is -0.0935. The van der Waals surface area contributed by atoms with Gasteiger partial charge in [-0.15, -0.1) is 0 Å². The lowest BCUT2D eigenvalue weighted by Gasteiger charge is -2.57. The average molecular weight is 567 g/mol. The Morgan fingerprint density at radius 1 is 0.974 bits per heavy atom. The first-order valence-electron chi connectivity index (χ1n) is 14.2. The van der Waals surface area contributed by atoms with E-state index in [1.165, 1.54) is 41.5 Å². The molecule has 4 saturated carbocycles. The van der Waals surface area contributed by atoms with Crippen molar-refractivity contribution in [2.75, 3.05) is 18.1 Å². The number of halogens is 2. The summed E-state index contributed by atoms with van der Waals surface area (Å²) < 4.78 is 65.1. The van der Waals surface area contributed by atoms with Crippen LogP contribution in [0, 0.1) is 23.2 Å². The van der Waals surface area contributed by atoms with Crippen molar-refractivity contribution in [2.45, 2.75) is 87.7 Å². The molecule has 5 fully saturated rings. The molecule has 0 spiro atoms. The van der Waals surface area contributed by atoms with E-state index in [0.717, 1.165) is 38.0 Å². The minimum Gasteiger partial charge on any atom is -0.743 e. The third-order valence-electron chi connectivity index (χ3n) is 9.05.